The van der Waals surface area contributed by atoms with Crippen LogP contribution in [-0.4, -0.2) is 24.4 Å². The van der Waals surface area contributed by atoms with E-state index in [4.69, 9.17) is 9.47 Å². The fraction of sp³-hybridized carbons (Fsp3) is 0.462. The maximum absolute atomic E-state index is 11.3. The zero-order chi connectivity index (χ0) is 13.1. The maximum atomic E-state index is 11.3. The van der Waals surface area contributed by atoms with Crippen LogP contribution in [0.5, 0.6) is 11.5 Å². The topological polar surface area (TPSA) is 67.8 Å². The highest BCUT2D eigenvalue weighted by molar-refractivity contribution is 5.76. The number of aliphatic carboxylic acids is 1. The Bertz CT molecular complexity index is 445. The van der Waals surface area contributed by atoms with Crippen LogP contribution in [0.1, 0.15) is 25.5 Å². The maximum Gasteiger partial charge on any atom is 0.325 e. The van der Waals surface area contributed by atoms with Crippen LogP contribution in [0.3, 0.4) is 0 Å². The van der Waals surface area contributed by atoms with Gasteiger partial charge in [-0.25, -0.2) is 0 Å². The van der Waals surface area contributed by atoms with Gasteiger partial charge in [-0.05, 0) is 30.2 Å². The number of hydrogen-bond donors (Lipinski definition) is 2. The molecule has 18 heavy (non-hydrogen) atoms. The molecule has 0 radical (unpaired) electrons. The van der Waals surface area contributed by atoms with Gasteiger partial charge in [0.05, 0.1) is 0 Å². The van der Waals surface area contributed by atoms with Crippen molar-refractivity contribution in [1.29, 1.82) is 0 Å². The summed E-state index contributed by atoms with van der Waals surface area (Å²) < 4.78 is 10.5. The number of rotatable bonds is 5. The van der Waals surface area contributed by atoms with Crippen LogP contribution in [0.2, 0.25) is 0 Å². The molecule has 1 aliphatic rings. The van der Waals surface area contributed by atoms with Gasteiger partial charge in [0, 0.05) is 0 Å². The molecule has 1 aromatic rings. The number of carboxylic acid groups (broad SMARTS) is 1. The van der Waals surface area contributed by atoms with Gasteiger partial charge in [0.2, 0.25) is 6.79 Å². The summed E-state index contributed by atoms with van der Waals surface area (Å²) in [6.07, 6.45) is 0. The number of ether oxygens (including phenoxy) is 2. The Morgan fingerprint density at radius 1 is 1.39 bits per heavy atom. The van der Waals surface area contributed by atoms with E-state index in [-0.39, 0.29) is 6.79 Å². The van der Waals surface area contributed by atoms with E-state index >= 15 is 0 Å². The van der Waals surface area contributed by atoms with E-state index in [1.165, 1.54) is 0 Å². The van der Waals surface area contributed by atoms with E-state index < -0.39 is 12.0 Å². The lowest BCUT2D eigenvalue weighted by Gasteiger charge is -2.16. The van der Waals surface area contributed by atoms with Gasteiger partial charge < -0.3 is 19.9 Å². The number of benzene rings is 1. The molecule has 0 saturated heterocycles. The number of fused-ring (bicyclic) bond motifs is 1. The summed E-state index contributed by atoms with van der Waals surface area (Å²) in [6, 6.07) is 4.49. The van der Waals surface area contributed by atoms with Crippen molar-refractivity contribution in [2.24, 2.45) is 5.92 Å². The minimum atomic E-state index is -0.894. The van der Waals surface area contributed by atoms with Gasteiger partial charge in [0.1, 0.15) is 6.04 Å². The summed E-state index contributed by atoms with van der Waals surface area (Å²) in [6.45, 7) is 4.90. The highest BCUT2D eigenvalue weighted by Crippen LogP contribution is 2.34. The lowest BCUT2D eigenvalue weighted by atomic mass is 10.1. The molecular formula is C13H17NO4. The van der Waals surface area contributed by atoms with Crippen LogP contribution in [0.25, 0.3) is 0 Å². The monoisotopic (exact) mass is 251 g/mol. The van der Waals surface area contributed by atoms with Crippen LogP contribution in [0.15, 0.2) is 18.2 Å². The molecule has 1 aromatic carbocycles. The Kier molecular flexibility index (Phi) is 3.72. The van der Waals surface area contributed by atoms with Crippen LogP contribution in [0, 0.1) is 5.92 Å². The fourth-order valence-electron chi connectivity index (χ4n) is 1.79. The Morgan fingerprint density at radius 3 is 2.78 bits per heavy atom. The van der Waals surface area contributed by atoms with Crippen molar-refractivity contribution in [3.8, 4) is 11.5 Å². The molecule has 1 heterocycles. The number of carbonyl (C=O) groups is 1. The Balaban J connectivity index is 2.17. The van der Waals surface area contributed by atoms with Crippen molar-refractivity contribution in [2.75, 3.05) is 13.3 Å². The fourth-order valence-corrected chi connectivity index (χ4v) is 1.79. The first-order valence-corrected chi connectivity index (χ1v) is 5.93. The van der Waals surface area contributed by atoms with E-state index in [1.54, 1.807) is 18.2 Å². The zero-order valence-corrected chi connectivity index (χ0v) is 10.5. The summed E-state index contributed by atoms with van der Waals surface area (Å²) in [5.74, 6) is 0.757. The van der Waals surface area contributed by atoms with Gasteiger partial charge in [0.25, 0.3) is 0 Å². The van der Waals surface area contributed by atoms with Gasteiger partial charge in [0.15, 0.2) is 11.5 Å². The van der Waals surface area contributed by atoms with Crippen molar-refractivity contribution in [3.63, 3.8) is 0 Å². The third kappa shape index (κ3) is 2.73. The molecular weight excluding hydrogens is 234 g/mol. The first-order valence-electron chi connectivity index (χ1n) is 5.93. The molecule has 98 valence electrons. The highest BCUT2D eigenvalue weighted by atomic mass is 16.7. The summed E-state index contributed by atoms with van der Waals surface area (Å²) in [4.78, 5) is 11.3. The second-order valence-corrected chi connectivity index (χ2v) is 4.69. The predicted octanol–water partition coefficient (Wildman–Crippen LogP) is 1.79. The van der Waals surface area contributed by atoms with E-state index in [1.807, 2.05) is 13.8 Å². The first kappa shape index (κ1) is 12.7. The summed E-state index contributed by atoms with van der Waals surface area (Å²) in [5.41, 5.74) is 0.674. The van der Waals surface area contributed by atoms with Crippen molar-refractivity contribution in [2.45, 2.75) is 19.9 Å². The lowest BCUT2D eigenvalue weighted by Crippen LogP contribution is -2.31. The minimum Gasteiger partial charge on any atom is -0.480 e. The van der Waals surface area contributed by atoms with Gasteiger partial charge in [-0.15, -0.1) is 0 Å². The molecule has 0 amide bonds. The molecule has 0 aliphatic carbocycles. The molecule has 2 rings (SSSR count). The average Bonchev–Trinajstić information content (AvgIpc) is 2.75. The molecule has 5 nitrogen and oxygen atoms in total. The van der Waals surface area contributed by atoms with E-state index in [2.05, 4.69) is 5.32 Å². The van der Waals surface area contributed by atoms with Crippen molar-refractivity contribution < 1.29 is 19.4 Å². The molecule has 5 heteroatoms. The molecule has 2 N–H and O–H groups in total. The Labute approximate surface area is 106 Å². The van der Waals surface area contributed by atoms with Crippen LogP contribution < -0.4 is 14.8 Å². The zero-order valence-electron chi connectivity index (χ0n) is 10.5. The normalized spacial score (nSPS) is 14.8. The Hall–Kier alpha value is -1.75. The Morgan fingerprint density at radius 2 is 2.11 bits per heavy atom. The molecule has 1 unspecified atom stereocenters. The molecule has 0 bridgehead atoms. The SMILES string of the molecule is CC(C)CNC(C(=O)O)c1ccc2c(c1)OCO2. The highest BCUT2D eigenvalue weighted by Gasteiger charge is 2.22. The quantitative estimate of drug-likeness (QED) is 0.835. The van der Waals surface area contributed by atoms with E-state index in [0.717, 1.165) is 0 Å². The van der Waals surface area contributed by atoms with Crippen molar-refractivity contribution in [3.05, 3.63) is 23.8 Å². The van der Waals surface area contributed by atoms with E-state index in [9.17, 15) is 9.90 Å². The molecule has 0 spiro atoms. The summed E-state index contributed by atoms with van der Waals surface area (Å²) >= 11 is 0. The largest absolute Gasteiger partial charge is 0.480 e. The molecule has 0 fully saturated rings. The molecule has 1 atom stereocenters. The smallest absolute Gasteiger partial charge is 0.325 e. The van der Waals surface area contributed by atoms with Crippen LogP contribution in [-0.2, 0) is 4.79 Å². The minimum absolute atomic E-state index is 0.190. The van der Waals surface area contributed by atoms with Crippen LogP contribution in [0.4, 0.5) is 0 Å². The standard InChI is InChI=1S/C13H17NO4/c1-8(2)6-14-12(13(15)16)9-3-4-10-11(5-9)18-7-17-10/h3-5,8,12,14H,6-7H2,1-2H3,(H,15,16). The van der Waals surface area contributed by atoms with Gasteiger partial charge >= 0.3 is 5.97 Å². The lowest BCUT2D eigenvalue weighted by molar-refractivity contribution is -0.139. The third-order valence-corrected chi connectivity index (χ3v) is 2.71. The number of hydrogen-bond acceptors (Lipinski definition) is 4. The summed E-state index contributed by atoms with van der Waals surface area (Å²) in [5, 5.41) is 12.3. The second kappa shape index (κ2) is 5.27. The van der Waals surface area contributed by atoms with Crippen LogP contribution >= 0.6 is 0 Å². The average molecular weight is 251 g/mol. The first-order chi connectivity index (χ1) is 8.58. The molecule has 0 aromatic heterocycles. The predicted molar refractivity (Wildman–Crippen MR) is 65.8 cm³/mol. The number of carboxylic acids is 1. The van der Waals surface area contributed by atoms with Crippen molar-refractivity contribution >= 4 is 5.97 Å². The third-order valence-electron chi connectivity index (χ3n) is 2.71. The molecule has 1 aliphatic heterocycles. The summed E-state index contributed by atoms with van der Waals surface area (Å²) in [7, 11) is 0. The number of nitrogens with one attached hydrogen (secondary N) is 1. The van der Waals surface area contributed by atoms with Gasteiger partial charge in [-0.3, -0.25) is 4.79 Å². The van der Waals surface area contributed by atoms with Crippen molar-refractivity contribution in [1.82, 2.24) is 5.32 Å². The van der Waals surface area contributed by atoms with Gasteiger partial charge in [-0.2, -0.15) is 0 Å². The second-order valence-electron chi connectivity index (χ2n) is 4.69. The van der Waals surface area contributed by atoms with Gasteiger partial charge in [-0.1, -0.05) is 19.9 Å². The molecule has 0 saturated carbocycles. The van der Waals surface area contributed by atoms with E-state index in [0.29, 0.717) is 29.5 Å².